The molecule has 1 saturated heterocycles. The first-order chi connectivity index (χ1) is 10.1. The van der Waals surface area contributed by atoms with E-state index in [1.54, 1.807) is 12.1 Å². The molecule has 112 valence electrons. The summed E-state index contributed by atoms with van der Waals surface area (Å²) in [4.78, 5) is 15.8. The van der Waals surface area contributed by atoms with Crippen LogP contribution < -0.4 is 0 Å². The predicted octanol–water partition coefficient (Wildman–Crippen LogP) is 3.61. The molecule has 2 heterocycles. The first-order valence-corrected chi connectivity index (χ1v) is 8.53. The number of thioether (sulfide) groups is 1. The van der Waals surface area contributed by atoms with Crippen LogP contribution in [0.3, 0.4) is 0 Å². The highest BCUT2D eigenvalue weighted by molar-refractivity contribution is 7.99. The van der Waals surface area contributed by atoms with E-state index in [4.69, 9.17) is 10.1 Å². The maximum absolute atomic E-state index is 11.1. The summed E-state index contributed by atoms with van der Waals surface area (Å²) in [6.45, 7) is 5.27. The molecule has 0 aliphatic carbocycles. The molecular formula is C16H20N2O2S. The van der Waals surface area contributed by atoms with Gasteiger partial charge in [0.05, 0.1) is 16.6 Å². The average molecular weight is 304 g/mol. The molecule has 0 bridgehead atoms. The van der Waals surface area contributed by atoms with Crippen LogP contribution in [0.5, 0.6) is 0 Å². The van der Waals surface area contributed by atoms with Crippen molar-refractivity contribution in [2.24, 2.45) is 5.92 Å². The number of carboxylic acid groups (broad SMARTS) is 1. The first kappa shape index (κ1) is 14.4. The minimum absolute atomic E-state index is 0.305. The summed E-state index contributed by atoms with van der Waals surface area (Å²) in [6, 6.07) is 5.26. The number of aromatic carboxylic acids is 1. The van der Waals surface area contributed by atoms with Gasteiger partial charge in [0.25, 0.3) is 0 Å². The second-order valence-corrected chi connectivity index (χ2v) is 7.12. The second-order valence-electron chi connectivity index (χ2n) is 5.97. The van der Waals surface area contributed by atoms with E-state index in [0.717, 1.165) is 23.4 Å². The Bertz CT molecular complexity index is 672. The molecule has 1 N–H and O–H groups in total. The van der Waals surface area contributed by atoms with Gasteiger partial charge in [-0.2, -0.15) is 11.8 Å². The molecule has 1 atom stereocenters. The molecule has 1 aliphatic heterocycles. The molecule has 1 aliphatic rings. The number of carboxylic acids is 1. The fourth-order valence-electron chi connectivity index (χ4n) is 2.90. The van der Waals surface area contributed by atoms with Gasteiger partial charge in [0.15, 0.2) is 0 Å². The Kier molecular flexibility index (Phi) is 3.93. The van der Waals surface area contributed by atoms with Crippen molar-refractivity contribution in [3.05, 3.63) is 29.6 Å². The van der Waals surface area contributed by atoms with E-state index in [0.29, 0.717) is 17.4 Å². The maximum atomic E-state index is 11.1. The van der Waals surface area contributed by atoms with Crippen LogP contribution >= 0.6 is 11.8 Å². The van der Waals surface area contributed by atoms with Gasteiger partial charge in [-0.15, -0.1) is 0 Å². The number of benzene rings is 1. The molecule has 0 radical (unpaired) electrons. The van der Waals surface area contributed by atoms with Crippen molar-refractivity contribution >= 4 is 28.8 Å². The fourth-order valence-corrected chi connectivity index (χ4v) is 4.17. The fraction of sp³-hybridized carbons (Fsp3) is 0.500. The van der Waals surface area contributed by atoms with E-state index in [-0.39, 0.29) is 0 Å². The van der Waals surface area contributed by atoms with E-state index in [1.165, 1.54) is 17.9 Å². The Balaban J connectivity index is 2.06. The van der Waals surface area contributed by atoms with Crippen LogP contribution in [-0.4, -0.2) is 32.1 Å². The molecule has 5 heteroatoms. The highest BCUT2D eigenvalue weighted by atomic mass is 32.2. The topological polar surface area (TPSA) is 55.1 Å². The first-order valence-electron chi connectivity index (χ1n) is 7.37. The van der Waals surface area contributed by atoms with Crippen molar-refractivity contribution in [1.82, 2.24) is 9.55 Å². The van der Waals surface area contributed by atoms with Gasteiger partial charge in [-0.25, -0.2) is 9.78 Å². The van der Waals surface area contributed by atoms with Crippen LogP contribution in [0, 0.1) is 5.92 Å². The van der Waals surface area contributed by atoms with Gasteiger partial charge >= 0.3 is 5.97 Å². The minimum Gasteiger partial charge on any atom is -0.478 e. The normalized spacial score (nSPS) is 18.7. The van der Waals surface area contributed by atoms with Crippen molar-refractivity contribution < 1.29 is 9.90 Å². The zero-order valence-electron chi connectivity index (χ0n) is 12.4. The number of hydrogen-bond acceptors (Lipinski definition) is 3. The van der Waals surface area contributed by atoms with Gasteiger partial charge in [0, 0.05) is 12.5 Å². The molecule has 0 spiro atoms. The van der Waals surface area contributed by atoms with Crippen LogP contribution in [0.4, 0.5) is 0 Å². The Morgan fingerprint density at radius 3 is 2.95 bits per heavy atom. The molecule has 3 rings (SSSR count). The Morgan fingerprint density at radius 2 is 2.33 bits per heavy atom. The number of fused-ring (bicyclic) bond motifs is 1. The smallest absolute Gasteiger partial charge is 0.335 e. The van der Waals surface area contributed by atoms with E-state index >= 15 is 0 Å². The van der Waals surface area contributed by atoms with Crippen molar-refractivity contribution in [2.45, 2.75) is 32.7 Å². The Morgan fingerprint density at radius 1 is 1.52 bits per heavy atom. The third kappa shape index (κ3) is 2.79. The summed E-state index contributed by atoms with van der Waals surface area (Å²) in [5.41, 5.74) is 2.16. The van der Waals surface area contributed by atoms with E-state index < -0.39 is 5.97 Å². The number of rotatable bonds is 4. The van der Waals surface area contributed by atoms with Crippen LogP contribution in [0.25, 0.3) is 11.0 Å². The van der Waals surface area contributed by atoms with Gasteiger partial charge in [-0.1, -0.05) is 13.8 Å². The molecule has 0 saturated carbocycles. The van der Waals surface area contributed by atoms with E-state index in [1.807, 2.05) is 17.8 Å². The molecule has 1 fully saturated rings. The van der Waals surface area contributed by atoms with Gasteiger partial charge in [-0.05, 0) is 42.0 Å². The highest BCUT2D eigenvalue weighted by Crippen LogP contribution is 2.29. The lowest BCUT2D eigenvalue weighted by Crippen LogP contribution is -2.13. The average Bonchev–Trinajstić information content (AvgIpc) is 3.06. The molecule has 1 aromatic carbocycles. The number of carbonyl (C=O) groups is 1. The van der Waals surface area contributed by atoms with Crippen LogP contribution in [0.15, 0.2) is 18.2 Å². The summed E-state index contributed by atoms with van der Waals surface area (Å²) < 4.78 is 2.29. The second kappa shape index (κ2) is 5.72. The third-order valence-corrected chi connectivity index (χ3v) is 5.24. The summed E-state index contributed by atoms with van der Waals surface area (Å²) in [5, 5.41) is 9.12. The standard InChI is InChI=1S/C16H20N2O2S/c1-10(2)15-17-13-7-12(16(19)20)3-4-14(13)18(15)8-11-5-6-21-9-11/h3-4,7,10-11H,5-6,8-9H2,1-2H3,(H,19,20). The number of imidazole rings is 1. The summed E-state index contributed by atoms with van der Waals surface area (Å²) in [5.74, 6) is 3.65. The molecule has 1 unspecified atom stereocenters. The monoisotopic (exact) mass is 304 g/mol. The van der Waals surface area contributed by atoms with Crippen LogP contribution in [0.2, 0.25) is 0 Å². The maximum Gasteiger partial charge on any atom is 0.335 e. The molecule has 2 aromatic rings. The van der Waals surface area contributed by atoms with Gasteiger partial charge in [0.2, 0.25) is 0 Å². The number of nitrogens with zero attached hydrogens (tertiary/aromatic N) is 2. The Hall–Kier alpha value is -1.49. The third-order valence-electron chi connectivity index (χ3n) is 4.01. The van der Waals surface area contributed by atoms with E-state index in [9.17, 15) is 4.79 Å². The highest BCUT2D eigenvalue weighted by Gasteiger charge is 2.21. The van der Waals surface area contributed by atoms with Crippen molar-refractivity contribution in [3.8, 4) is 0 Å². The van der Waals surface area contributed by atoms with Gasteiger partial charge < -0.3 is 9.67 Å². The minimum atomic E-state index is -0.898. The van der Waals surface area contributed by atoms with Gasteiger partial charge in [0.1, 0.15) is 5.82 Å². The zero-order chi connectivity index (χ0) is 15.0. The quantitative estimate of drug-likeness (QED) is 0.937. The van der Waals surface area contributed by atoms with Crippen LogP contribution in [-0.2, 0) is 6.54 Å². The Labute approximate surface area is 128 Å². The van der Waals surface area contributed by atoms with Crippen molar-refractivity contribution in [1.29, 1.82) is 0 Å². The molecule has 4 nitrogen and oxygen atoms in total. The largest absolute Gasteiger partial charge is 0.478 e. The SMILES string of the molecule is CC(C)c1nc2cc(C(=O)O)ccc2n1CC1CCSC1. The van der Waals surface area contributed by atoms with Crippen LogP contribution in [0.1, 0.15) is 42.4 Å². The summed E-state index contributed by atoms with van der Waals surface area (Å²) in [6.07, 6.45) is 1.26. The number of hydrogen-bond donors (Lipinski definition) is 1. The predicted molar refractivity (Wildman–Crippen MR) is 86.2 cm³/mol. The molecular weight excluding hydrogens is 284 g/mol. The number of aromatic nitrogens is 2. The van der Waals surface area contributed by atoms with Crippen molar-refractivity contribution in [2.75, 3.05) is 11.5 Å². The lowest BCUT2D eigenvalue weighted by molar-refractivity contribution is 0.0697. The van der Waals surface area contributed by atoms with Crippen molar-refractivity contribution in [3.63, 3.8) is 0 Å². The molecule has 0 amide bonds. The lowest BCUT2D eigenvalue weighted by Gasteiger charge is -2.15. The molecule has 21 heavy (non-hydrogen) atoms. The van der Waals surface area contributed by atoms with Gasteiger partial charge in [-0.3, -0.25) is 0 Å². The zero-order valence-corrected chi connectivity index (χ0v) is 13.2. The lowest BCUT2D eigenvalue weighted by atomic mass is 10.1. The molecule has 1 aromatic heterocycles. The van der Waals surface area contributed by atoms with E-state index in [2.05, 4.69) is 18.4 Å². The summed E-state index contributed by atoms with van der Waals surface area (Å²) >= 11 is 2.02. The summed E-state index contributed by atoms with van der Waals surface area (Å²) in [7, 11) is 0.